The second-order valence-corrected chi connectivity index (χ2v) is 6.34. The highest BCUT2D eigenvalue weighted by Gasteiger charge is 2.31. The van der Waals surface area contributed by atoms with E-state index in [1.807, 2.05) is 6.07 Å². The van der Waals surface area contributed by atoms with E-state index in [2.05, 4.69) is 31.4 Å². The first-order chi connectivity index (χ1) is 10.3. The van der Waals surface area contributed by atoms with Crippen molar-refractivity contribution in [1.82, 2.24) is 5.32 Å². The van der Waals surface area contributed by atoms with Crippen LogP contribution in [0.25, 0.3) is 0 Å². The largest absolute Gasteiger partial charge is 0.486 e. The monoisotopic (exact) mass is 289 g/mol. The molecular formula is C18H27NO2. The van der Waals surface area contributed by atoms with Gasteiger partial charge in [0.2, 0.25) is 0 Å². The fourth-order valence-electron chi connectivity index (χ4n) is 3.99. The summed E-state index contributed by atoms with van der Waals surface area (Å²) in [6.45, 7) is 3.63. The van der Waals surface area contributed by atoms with Gasteiger partial charge in [-0.3, -0.25) is 0 Å². The normalized spacial score (nSPS) is 26.4. The van der Waals surface area contributed by atoms with Crippen LogP contribution in [-0.4, -0.2) is 20.3 Å². The van der Waals surface area contributed by atoms with Gasteiger partial charge < -0.3 is 14.8 Å². The SMILES string of the molecule is CCC1CCCC(C(NC)c2cccc3c2OCCO3)C1. The van der Waals surface area contributed by atoms with Gasteiger partial charge in [-0.2, -0.15) is 0 Å². The molecule has 0 spiro atoms. The second-order valence-electron chi connectivity index (χ2n) is 6.34. The van der Waals surface area contributed by atoms with Crippen molar-refractivity contribution in [2.45, 2.75) is 45.1 Å². The lowest BCUT2D eigenvalue weighted by Crippen LogP contribution is -2.30. The van der Waals surface area contributed by atoms with Crippen molar-refractivity contribution >= 4 is 0 Å². The Balaban J connectivity index is 1.86. The van der Waals surface area contributed by atoms with Gasteiger partial charge in [0.05, 0.1) is 0 Å². The van der Waals surface area contributed by atoms with E-state index >= 15 is 0 Å². The van der Waals surface area contributed by atoms with Crippen molar-refractivity contribution in [3.8, 4) is 11.5 Å². The molecule has 1 N–H and O–H groups in total. The van der Waals surface area contributed by atoms with E-state index in [4.69, 9.17) is 9.47 Å². The van der Waals surface area contributed by atoms with Crippen LogP contribution in [0.15, 0.2) is 18.2 Å². The average molecular weight is 289 g/mol. The van der Waals surface area contributed by atoms with E-state index in [0.717, 1.165) is 17.4 Å². The van der Waals surface area contributed by atoms with Gasteiger partial charge in [0.25, 0.3) is 0 Å². The molecule has 21 heavy (non-hydrogen) atoms. The molecule has 0 saturated heterocycles. The zero-order chi connectivity index (χ0) is 14.7. The molecular weight excluding hydrogens is 262 g/mol. The Morgan fingerprint density at radius 3 is 2.90 bits per heavy atom. The van der Waals surface area contributed by atoms with Crippen LogP contribution in [0, 0.1) is 11.8 Å². The van der Waals surface area contributed by atoms with Gasteiger partial charge in [0.15, 0.2) is 11.5 Å². The topological polar surface area (TPSA) is 30.5 Å². The highest BCUT2D eigenvalue weighted by Crippen LogP contribution is 2.44. The quantitative estimate of drug-likeness (QED) is 0.911. The number of benzene rings is 1. The smallest absolute Gasteiger partial charge is 0.166 e. The Kier molecular flexibility index (Phi) is 4.69. The zero-order valence-electron chi connectivity index (χ0n) is 13.2. The summed E-state index contributed by atoms with van der Waals surface area (Å²) in [5.74, 6) is 3.45. The minimum Gasteiger partial charge on any atom is -0.486 e. The average Bonchev–Trinajstić information content (AvgIpc) is 2.56. The van der Waals surface area contributed by atoms with Gasteiger partial charge in [-0.15, -0.1) is 0 Å². The van der Waals surface area contributed by atoms with Gasteiger partial charge in [0, 0.05) is 11.6 Å². The van der Waals surface area contributed by atoms with E-state index in [1.54, 1.807) is 0 Å². The minimum absolute atomic E-state index is 0.371. The zero-order valence-corrected chi connectivity index (χ0v) is 13.2. The number of rotatable bonds is 4. The van der Waals surface area contributed by atoms with Gasteiger partial charge >= 0.3 is 0 Å². The van der Waals surface area contributed by atoms with Gasteiger partial charge in [-0.25, -0.2) is 0 Å². The summed E-state index contributed by atoms with van der Waals surface area (Å²) in [4.78, 5) is 0. The molecule has 1 aromatic carbocycles. The van der Waals surface area contributed by atoms with Crippen LogP contribution >= 0.6 is 0 Å². The minimum atomic E-state index is 0.371. The second kappa shape index (κ2) is 6.69. The molecule has 1 fully saturated rings. The lowest BCUT2D eigenvalue weighted by atomic mass is 9.75. The third-order valence-corrected chi connectivity index (χ3v) is 5.11. The molecule has 1 saturated carbocycles. The summed E-state index contributed by atoms with van der Waals surface area (Å²) >= 11 is 0. The number of hydrogen-bond donors (Lipinski definition) is 1. The summed E-state index contributed by atoms with van der Waals surface area (Å²) < 4.78 is 11.7. The molecule has 1 heterocycles. The van der Waals surface area contributed by atoms with Crippen molar-refractivity contribution < 1.29 is 9.47 Å². The summed E-state index contributed by atoms with van der Waals surface area (Å²) in [5.41, 5.74) is 1.27. The van der Waals surface area contributed by atoms with Crippen LogP contribution < -0.4 is 14.8 Å². The first-order valence-electron chi connectivity index (χ1n) is 8.39. The molecule has 0 radical (unpaired) electrons. The highest BCUT2D eigenvalue weighted by molar-refractivity contribution is 5.49. The predicted octanol–water partition coefficient (Wildman–Crippen LogP) is 3.93. The maximum atomic E-state index is 5.92. The molecule has 2 aliphatic rings. The molecule has 1 aliphatic carbocycles. The van der Waals surface area contributed by atoms with E-state index < -0.39 is 0 Å². The van der Waals surface area contributed by atoms with Crippen LogP contribution in [0.1, 0.15) is 50.6 Å². The van der Waals surface area contributed by atoms with E-state index in [9.17, 15) is 0 Å². The lowest BCUT2D eigenvalue weighted by Gasteiger charge is -2.35. The first-order valence-corrected chi connectivity index (χ1v) is 8.39. The van der Waals surface area contributed by atoms with Crippen molar-refractivity contribution in [2.75, 3.05) is 20.3 Å². The molecule has 0 aromatic heterocycles. The predicted molar refractivity (Wildman–Crippen MR) is 85.0 cm³/mol. The fourth-order valence-corrected chi connectivity index (χ4v) is 3.99. The molecule has 1 aliphatic heterocycles. The van der Waals surface area contributed by atoms with Gasteiger partial charge in [0.1, 0.15) is 13.2 Å². The molecule has 116 valence electrons. The fraction of sp³-hybridized carbons (Fsp3) is 0.667. The van der Waals surface area contributed by atoms with E-state index in [0.29, 0.717) is 25.2 Å². The maximum Gasteiger partial charge on any atom is 0.166 e. The van der Waals surface area contributed by atoms with Crippen molar-refractivity contribution in [3.63, 3.8) is 0 Å². The third-order valence-electron chi connectivity index (χ3n) is 5.11. The van der Waals surface area contributed by atoms with Crippen LogP contribution in [-0.2, 0) is 0 Å². The third kappa shape index (κ3) is 3.03. The van der Waals surface area contributed by atoms with Gasteiger partial charge in [-0.1, -0.05) is 38.3 Å². The highest BCUT2D eigenvalue weighted by atomic mass is 16.6. The molecule has 3 rings (SSSR count). The summed E-state index contributed by atoms with van der Waals surface area (Å²) in [6.07, 6.45) is 6.70. The molecule has 3 nitrogen and oxygen atoms in total. The number of fused-ring (bicyclic) bond motifs is 1. The Bertz CT molecular complexity index is 474. The van der Waals surface area contributed by atoms with Crippen LogP contribution in [0.3, 0.4) is 0 Å². The Labute approximate surface area is 128 Å². The summed E-state index contributed by atoms with van der Waals surface area (Å²) in [6, 6.07) is 6.67. The summed E-state index contributed by atoms with van der Waals surface area (Å²) in [7, 11) is 2.07. The number of para-hydroxylation sites is 1. The Hall–Kier alpha value is -1.22. The summed E-state index contributed by atoms with van der Waals surface area (Å²) in [5, 5.41) is 3.55. The van der Waals surface area contributed by atoms with Crippen LogP contribution in [0.2, 0.25) is 0 Å². The van der Waals surface area contributed by atoms with Crippen LogP contribution in [0.5, 0.6) is 11.5 Å². The van der Waals surface area contributed by atoms with Crippen molar-refractivity contribution in [3.05, 3.63) is 23.8 Å². The van der Waals surface area contributed by atoms with Gasteiger partial charge in [-0.05, 0) is 37.8 Å². The molecule has 0 amide bonds. The molecule has 1 aromatic rings. The molecule has 3 heteroatoms. The molecule has 3 atom stereocenters. The van der Waals surface area contributed by atoms with Crippen molar-refractivity contribution in [2.24, 2.45) is 11.8 Å². The molecule has 0 bridgehead atoms. The molecule has 3 unspecified atom stereocenters. The Morgan fingerprint density at radius 2 is 2.10 bits per heavy atom. The first kappa shape index (κ1) is 14.7. The lowest BCUT2D eigenvalue weighted by molar-refractivity contribution is 0.163. The van der Waals surface area contributed by atoms with E-state index in [1.165, 1.54) is 37.7 Å². The van der Waals surface area contributed by atoms with Crippen LogP contribution in [0.4, 0.5) is 0 Å². The number of nitrogens with one attached hydrogen (secondary N) is 1. The standard InChI is InChI=1S/C18H27NO2/c1-3-13-6-4-7-14(12-13)17(19-2)15-8-5-9-16-18(15)21-11-10-20-16/h5,8-9,13-14,17,19H,3-4,6-7,10-12H2,1-2H3. The van der Waals surface area contributed by atoms with Crippen molar-refractivity contribution in [1.29, 1.82) is 0 Å². The Morgan fingerprint density at radius 1 is 1.24 bits per heavy atom. The van der Waals surface area contributed by atoms with E-state index in [-0.39, 0.29) is 0 Å². The maximum absolute atomic E-state index is 5.92. The number of hydrogen-bond acceptors (Lipinski definition) is 3. The number of ether oxygens (including phenoxy) is 2.